The molecule has 0 aromatic carbocycles. The Hall–Kier alpha value is -1.26. The van der Waals surface area contributed by atoms with Crippen LogP contribution in [0.3, 0.4) is 0 Å². The number of aliphatic imine (C=N–C) groups is 1. The molecule has 8 nitrogen and oxygen atoms in total. The zero-order chi connectivity index (χ0) is 20.7. The van der Waals surface area contributed by atoms with Gasteiger partial charge >= 0.3 is 12.1 Å². The van der Waals surface area contributed by atoms with Crippen molar-refractivity contribution in [2.45, 2.75) is 77.9 Å². The number of rotatable bonds is 11. The molecular weight excluding hydrogens is 475 g/mol. The SMILES string of the molecule is CCCCC(CNC(=O)OC(C)(C)C)NC(=NC)NCCCCC(=O)OC.I. The van der Waals surface area contributed by atoms with Crippen LogP contribution in [-0.2, 0) is 14.3 Å². The van der Waals surface area contributed by atoms with Gasteiger partial charge in [-0.15, -0.1) is 24.0 Å². The van der Waals surface area contributed by atoms with Crippen LogP contribution in [0.25, 0.3) is 0 Å². The highest BCUT2D eigenvalue weighted by atomic mass is 127. The lowest BCUT2D eigenvalue weighted by atomic mass is 10.1. The van der Waals surface area contributed by atoms with Gasteiger partial charge in [0.25, 0.3) is 0 Å². The molecule has 1 amide bonds. The molecule has 1 atom stereocenters. The molecule has 0 saturated heterocycles. The fraction of sp³-hybridized carbons (Fsp3) is 0.842. The molecule has 0 bridgehead atoms. The van der Waals surface area contributed by atoms with E-state index in [0.717, 1.165) is 32.1 Å². The second kappa shape index (κ2) is 16.7. The van der Waals surface area contributed by atoms with Gasteiger partial charge in [0.05, 0.1) is 7.11 Å². The number of carbonyl (C=O) groups is 2. The Balaban J connectivity index is 0. The van der Waals surface area contributed by atoms with E-state index >= 15 is 0 Å². The van der Waals surface area contributed by atoms with Crippen molar-refractivity contribution in [3.8, 4) is 0 Å². The number of esters is 1. The van der Waals surface area contributed by atoms with Crippen LogP contribution in [0.2, 0.25) is 0 Å². The molecule has 0 spiro atoms. The Kier molecular flexibility index (Phi) is 17.2. The maximum absolute atomic E-state index is 11.9. The molecule has 0 aliphatic rings. The maximum atomic E-state index is 11.9. The molecule has 166 valence electrons. The van der Waals surface area contributed by atoms with Crippen LogP contribution in [0.15, 0.2) is 4.99 Å². The van der Waals surface area contributed by atoms with Crippen LogP contribution in [0.4, 0.5) is 4.79 Å². The minimum atomic E-state index is -0.516. The standard InChI is InChI=1S/C19H38N4O4.HI/c1-7-8-11-15(14-22-18(25)27-19(2,3)4)23-17(20-5)21-13-10-9-12-16(24)26-6;/h15H,7-14H2,1-6H3,(H,22,25)(H2,20,21,23);1H. The van der Waals surface area contributed by atoms with E-state index in [9.17, 15) is 9.59 Å². The third kappa shape index (κ3) is 16.9. The summed E-state index contributed by atoms with van der Waals surface area (Å²) in [7, 11) is 3.11. The van der Waals surface area contributed by atoms with Crippen LogP contribution < -0.4 is 16.0 Å². The van der Waals surface area contributed by atoms with Gasteiger partial charge in [-0.3, -0.25) is 9.79 Å². The van der Waals surface area contributed by atoms with Crippen molar-refractivity contribution in [3.63, 3.8) is 0 Å². The second-order valence-electron chi connectivity index (χ2n) is 7.40. The number of hydrogen-bond acceptors (Lipinski definition) is 5. The van der Waals surface area contributed by atoms with Gasteiger partial charge in [0, 0.05) is 32.6 Å². The van der Waals surface area contributed by atoms with Crippen LogP contribution >= 0.6 is 24.0 Å². The number of amides is 1. The van der Waals surface area contributed by atoms with E-state index in [1.165, 1.54) is 7.11 Å². The van der Waals surface area contributed by atoms with Gasteiger partial charge in [-0.05, 0) is 40.0 Å². The van der Waals surface area contributed by atoms with Gasteiger partial charge in [-0.2, -0.15) is 0 Å². The summed E-state index contributed by atoms with van der Waals surface area (Å²) >= 11 is 0. The van der Waals surface area contributed by atoms with Crippen LogP contribution in [0.1, 0.15) is 66.2 Å². The van der Waals surface area contributed by atoms with Gasteiger partial charge in [0.2, 0.25) is 0 Å². The van der Waals surface area contributed by atoms with Crippen LogP contribution in [-0.4, -0.2) is 56.9 Å². The lowest BCUT2D eigenvalue weighted by Crippen LogP contribution is -2.49. The van der Waals surface area contributed by atoms with Gasteiger partial charge in [-0.25, -0.2) is 4.79 Å². The number of guanidine groups is 1. The first-order chi connectivity index (χ1) is 12.7. The normalized spacial score (nSPS) is 12.4. The van der Waals surface area contributed by atoms with Gasteiger partial charge in [0.1, 0.15) is 5.60 Å². The van der Waals surface area contributed by atoms with Crippen LogP contribution in [0.5, 0.6) is 0 Å². The number of carbonyl (C=O) groups excluding carboxylic acids is 2. The minimum absolute atomic E-state index is 0. The smallest absolute Gasteiger partial charge is 0.407 e. The maximum Gasteiger partial charge on any atom is 0.407 e. The fourth-order valence-electron chi connectivity index (χ4n) is 2.29. The van der Waals surface area contributed by atoms with Crippen molar-refractivity contribution in [2.24, 2.45) is 4.99 Å². The van der Waals surface area contributed by atoms with E-state index in [4.69, 9.17) is 4.74 Å². The van der Waals surface area contributed by atoms with Crippen molar-refractivity contribution in [1.29, 1.82) is 0 Å². The highest BCUT2D eigenvalue weighted by Gasteiger charge is 2.18. The average Bonchev–Trinajstić information content (AvgIpc) is 2.60. The van der Waals surface area contributed by atoms with Gasteiger partial charge < -0.3 is 25.4 Å². The van der Waals surface area contributed by atoms with E-state index in [-0.39, 0.29) is 36.0 Å². The van der Waals surface area contributed by atoms with Crippen molar-refractivity contribution >= 4 is 42.0 Å². The molecule has 0 rings (SSSR count). The summed E-state index contributed by atoms with van der Waals surface area (Å²) in [6.07, 6.45) is 4.63. The topological polar surface area (TPSA) is 101 Å². The highest BCUT2D eigenvalue weighted by Crippen LogP contribution is 2.07. The summed E-state index contributed by atoms with van der Waals surface area (Å²) in [5.74, 6) is 0.491. The number of unbranched alkanes of at least 4 members (excludes halogenated alkanes) is 2. The fourth-order valence-corrected chi connectivity index (χ4v) is 2.29. The first kappa shape index (κ1) is 28.9. The Bertz CT molecular complexity index is 467. The molecule has 9 heteroatoms. The molecule has 0 heterocycles. The zero-order valence-electron chi connectivity index (χ0n) is 18.2. The van der Waals surface area contributed by atoms with E-state index < -0.39 is 11.7 Å². The monoisotopic (exact) mass is 514 g/mol. The summed E-state index contributed by atoms with van der Waals surface area (Å²) < 4.78 is 9.91. The van der Waals surface area contributed by atoms with Gasteiger partial charge in [-0.1, -0.05) is 19.8 Å². The Morgan fingerprint density at radius 1 is 1.11 bits per heavy atom. The third-order valence-corrected chi connectivity index (χ3v) is 3.69. The molecule has 0 radical (unpaired) electrons. The Morgan fingerprint density at radius 2 is 1.79 bits per heavy atom. The van der Waals surface area contributed by atoms with E-state index in [1.807, 2.05) is 20.8 Å². The van der Waals surface area contributed by atoms with E-state index in [1.54, 1.807) is 7.05 Å². The first-order valence-electron chi connectivity index (χ1n) is 9.72. The van der Waals surface area contributed by atoms with Crippen molar-refractivity contribution in [3.05, 3.63) is 0 Å². The molecule has 1 unspecified atom stereocenters. The summed E-state index contributed by atoms with van der Waals surface area (Å²) in [6.45, 7) is 8.81. The average molecular weight is 514 g/mol. The lowest BCUT2D eigenvalue weighted by Gasteiger charge is -2.24. The third-order valence-electron chi connectivity index (χ3n) is 3.69. The zero-order valence-corrected chi connectivity index (χ0v) is 20.6. The first-order valence-corrected chi connectivity index (χ1v) is 9.72. The Labute approximate surface area is 187 Å². The number of nitrogens with one attached hydrogen (secondary N) is 3. The summed E-state index contributed by atoms with van der Waals surface area (Å²) in [5, 5.41) is 9.40. The molecule has 0 saturated carbocycles. The Morgan fingerprint density at radius 3 is 2.32 bits per heavy atom. The van der Waals surface area contributed by atoms with Crippen molar-refractivity contribution in [1.82, 2.24) is 16.0 Å². The molecule has 28 heavy (non-hydrogen) atoms. The summed E-state index contributed by atoms with van der Waals surface area (Å²) in [5.41, 5.74) is -0.516. The largest absolute Gasteiger partial charge is 0.469 e. The number of alkyl carbamates (subject to hydrolysis) is 1. The number of ether oxygens (including phenoxy) is 2. The quantitative estimate of drug-likeness (QED) is 0.129. The second-order valence-corrected chi connectivity index (χ2v) is 7.40. The number of nitrogens with zero attached hydrogens (tertiary/aromatic N) is 1. The molecule has 0 aromatic rings. The van der Waals surface area contributed by atoms with Crippen molar-refractivity contribution < 1.29 is 19.1 Å². The molecule has 0 fully saturated rings. The molecule has 0 aliphatic heterocycles. The molecule has 0 aromatic heterocycles. The minimum Gasteiger partial charge on any atom is -0.469 e. The predicted octanol–water partition coefficient (Wildman–Crippen LogP) is 3.20. The predicted molar refractivity (Wildman–Crippen MR) is 123 cm³/mol. The summed E-state index contributed by atoms with van der Waals surface area (Å²) in [4.78, 5) is 27.2. The number of halogens is 1. The number of methoxy groups -OCH3 is 1. The molecular formula is C19H39IN4O4. The van der Waals surface area contributed by atoms with Gasteiger partial charge in [0.15, 0.2) is 5.96 Å². The highest BCUT2D eigenvalue weighted by molar-refractivity contribution is 14.0. The lowest BCUT2D eigenvalue weighted by molar-refractivity contribution is -0.140. The molecule has 0 aliphatic carbocycles. The molecule has 3 N–H and O–H groups in total. The van der Waals surface area contributed by atoms with E-state index in [2.05, 4.69) is 32.6 Å². The van der Waals surface area contributed by atoms with E-state index in [0.29, 0.717) is 25.5 Å². The summed E-state index contributed by atoms with van der Waals surface area (Å²) in [6, 6.07) is 0.0544. The number of hydrogen-bond donors (Lipinski definition) is 3. The van der Waals surface area contributed by atoms with Crippen LogP contribution in [0, 0.1) is 0 Å². The van der Waals surface area contributed by atoms with Crippen molar-refractivity contribution in [2.75, 3.05) is 27.2 Å².